The van der Waals surface area contributed by atoms with Crippen molar-refractivity contribution in [2.24, 2.45) is 0 Å². The number of amides is 2. The fraction of sp³-hybridized carbons (Fsp3) is 0.273. The summed E-state index contributed by atoms with van der Waals surface area (Å²) >= 11 is 5.98. The first-order valence-electron chi connectivity index (χ1n) is 4.92. The van der Waals surface area contributed by atoms with Crippen molar-refractivity contribution in [1.82, 2.24) is 5.32 Å². The van der Waals surface area contributed by atoms with Crippen molar-refractivity contribution >= 4 is 29.1 Å². The van der Waals surface area contributed by atoms with Gasteiger partial charge in [-0.3, -0.25) is 14.9 Å². The minimum atomic E-state index is -0.521. The molecule has 1 heterocycles. The summed E-state index contributed by atoms with van der Waals surface area (Å²) in [6, 6.07) is 4.96. The molecular formula is C11H11ClN2O2. The van der Waals surface area contributed by atoms with Crippen LogP contribution in [0.2, 0.25) is 5.02 Å². The lowest BCUT2D eigenvalue weighted by atomic mass is 10.2. The molecule has 84 valence electrons. The average molecular weight is 239 g/mol. The summed E-state index contributed by atoms with van der Waals surface area (Å²) in [5.41, 5.74) is 1.72. The number of hydrogen-bond acceptors (Lipinski definition) is 3. The van der Waals surface area contributed by atoms with E-state index in [0.29, 0.717) is 10.7 Å². The first-order chi connectivity index (χ1) is 7.56. The van der Waals surface area contributed by atoms with Crippen LogP contribution in [0.25, 0.3) is 0 Å². The predicted octanol–water partition coefficient (Wildman–Crippen LogP) is 1.48. The molecule has 0 spiro atoms. The van der Waals surface area contributed by atoms with Crippen LogP contribution in [0.15, 0.2) is 18.2 Å². The summed E-state index contributed by atoms with van der Waals surface area (Å²) in [4.78, 5) is 22.3. The van der Waals surface area contributed by atoms with Crippen molar-refractivity contribution in [3.63, 3.8) is 0 Å². The second-order valence-corrected chi connectivity index (χ2v) is 4.20. The molecule has 2 rings (SSSR count). The number of carbonyl (C=O) groups is 2. The van der Waals surface area contributed by atoms with Crippen LogP contribution in [0.3, 0.4) is 0 Å². The monoisotopic (exact) mass is 238 g/mol. The number of imide groups is 1. The summed E-state index contributed by atoms with van der Waals surface area (Å²) in [5, 5.41) is 5.74. The third-order valence-corrected chi connectivity index (χ3v) is 2.75. The Hall–Kier alpha value is -1.55. The summed E-state index contributed by atoms with van der Waals surface area (Å²) in [6.07, 6.45) is 0.156. The molecule has 16 heavy (non-hydrogen) atoms. The zero-order valence-corrected chi connectivity index (χ0v) is 9.47. The molecule has 0 bridgehead atoms. The van der Waals surface area contributed by atoms with Crippen molar-refractivity contribution in [2.45, 2.75) is 19.4 Å². The van der Waals surface area contributed by atoms with Gasteiger partial charge in [0.1, 0.15) is 6.04 Å². The Bertz CT molecular complexity index is 459. The molecule has 2 N–H and O–H groups in total. The van der Waals surface area contributed by atoms with Gasteiger partial charge < -0.3 is 5.32 Å². The molecule has 2 amide bonds. The molecule has 1 saturated heterocycles. The van der Waals surface area contributed by atoms with E-state index < -0.39 is 6.04 Å². The molecule has 1 atom stereocenters. The molecule has 1 unspecified atom stereocenters. The normalized spacial score (nSPS) is 19.8. The molecule has 4 nitrogen and oxygen atoms in total. The van der Waals surface area contributed by atoms with E-state index in [9.17, 15) is 9.59 Å². The van der Waals surface area contributed by atoms with Gasteiger partial charge in [0, 0.05) is 0 Å². The predicted molar refractivity (Wildman–Crippen MR) is 61.4 cm³/mol. The third kappa shape index (κ3) is 2.17. The van der Waals surface area contributed by atoms with Gasteiger partial charge in [0.25, 0.3) is 0 Å². The van der Waals surface area contributed by atoms with Gasteiger partial charge in [0.05, 0.1) is 17.1 Å². The van der Waals surface area contributed by atoms with E-state index in [1.165, 1.54) is 0 Å². The number of carbonyl (C=O) groups excluding carboxylic acids is 2. The van der Waals surface area contributed by atoms with Crippen molar-refractivity contribution in [3.05, 3.63) is 28.8 Å². The van der Waals surface area contributed by atoms with Gasteiger partial charge in [0.15, 0.2) is 0 Å². The molecule has 1 aromatic rings. The van der Waals surface area contributed by atoms with Gasteiger partial charge in [-0.1, -0.05) is 17.7 Å². The quantitative estimate of drug-likeness (QED) is 0.768. The number of halogens is 1. The number of rotatable bonds is 2. The lowest BCUT2D eigenvalue weighted by Gasteiger charge is -2.12. The highest BCUT2D eigenvalue weighted by Crippen LogP contribution is 2.24. The highest BCUT2D eigenvalue weighted by molar-refractivity contribution is 6.33. The van der Waals surface area contributed by atoms with Gasteiger partial charge in [-0.25, -0.2) is 0 Å². The van der Waals surface area contributed by atoms with Crippen LogP contribution >= 0.6 is 11.6 Å². The zero-order valence-electron chi connectivity index (χ0n) is 8.71. The number of nitrogens with one attached hydrogen (secondary N) is 2. The van der Waals surface area contributed by atoms with Crippen molar-refractivity contribution in [3.8, 4) is 0 Å². The lowest BCUT2D eigenvalue weighted by Crippen LogP contribution is -2.30. The van der Waals surface area contributed by atoms with E-state index in [1.807, 2.05) is 19.1 Å². The molecule has 1 fully saturated rings. The maximum atomic E-state index is 11.3. The topological polar surface area (TPSA) is 58.2 Å². The second-order valence-electron chi connectivity index (χ2n) is 3.80. The van der Waals surface area contributed by atoms with Gasteiger partial charge in [-0.05, 0) is 24.6 Å². The van der Waals surface area contributed by atoms with Crippen LogP contribution in [-0.2, 0) is 9.59 Å². The van der Waals surface area contributed by atoms with Gasteiger partial charge in [-0.2, -0.15) is 0 Å². The largest absolute Gasteiger partial charge is 0.372 e. The molecular weight excluding hydrogens is 228 g/mol. The average Bonchev–Trinajstić information content (AvgIpc) is 2.51. The SMILES string of the molecule is Cc1ccc(Cl)c(NC2CC(=O)NC2=O)c1. The van der Waals surface area contributed by atoms with E-state index in [2.05, 4.69) is 10.6 Å². The summed E-state index contributed by atoms with van der Waals surface area (Å²) in [5.74, 6) is -0.561. The van der Waals surface area contributed by atoms with Crippen LogP contribution in [0, 0.1) is 6.92 Å². The number of aryl methyl sites for hydroxylation is 1. The Morgan fingerprint density at radius 2 is 2.19 bits per heavy atom. The van der Waals surface area contributed by atoms with Gasteiger partial charge in [-0.15, -0.1) is 0 Å². The maximum absolute atomic E-state index is 11.3. The molecule has 0 saturated carbocycles. The molecule has 1 aliphatic rings. The smallest absolute Gasteiger partial charge is 0.249 e. The second kappa shape index (κ2) is 4.14. The lowest BCUT2D eigenvalue weighted by molar-refractivity contribution is -0.124. The Kier molecular flexibility index (Phi) is 2.83. The Labute approximate surface area is 98.0 Å². The molecule has 5 heteroatoms. The van der Waals surface area contributed by atoms with Crippen LogP contribution in [0.4, 0.5) is 5.69 Å². The minimum Gasteiger partial charge on any atom is -0.372 e. The van der Waals surface area contributed by atoms with E-state index in [4.69, 9.17) is 11.6 Å². The van der Waals surface area contributed by atoms with E-state index in [1.54, 1.807) is 6.07 Å². The fourth-order valence-corrected chi connectivity index (χ4v) is 1.78. The van der Waals surface area contributed by atoms with Crippen LogP contribution in [0.5, 0.6) is 0 Å². The van der Waals surface area contributed by atoms with Crippen LogP contribution in [0.1, 0.15) is 12.0 Å². The van der Waals surface area contributed by atoms with Crippen molar-refractivity contribution in [2.75, 3.05) is 5.32 Å². The van der Waals surface area contributed by atoms with Gasteiger partial charge in [0.2, 0.25) is 11.8 Å². The first kappa shape index (κ1) is 11.0. The molecule has 1 aliphatic heterocycles. The maximum Gasteiger partial charge on any atom is 0.249 e. The fourth-order valence-electron chi connectivity index (χ4n) is 1.61. The first-order valence-corrected chi connectivity index (χ1v) is 5.30. The van der Waals surface area contributed by atoms with Crippen molar-refractivity contribution < 1.29 is 9.59 Å². The van der Waals surface area contributed by atoms with E-state index in [-0.39, 0.29) is 18.2 Å². The summed E-state index contributed by atoms with van der Waals surface area (Å²) in [6.45, 7) is 1.93. The highest BCUT2D eigenvalue weighted by atomic mass is 35.5. The molecule has 0 radical (unpaired) electrons. The standard InChI is InChI=1S/C11H11ClN2O2/c1-6-2-3-7(12)8(4-6)13-9-5-10(15)14-11(9)16/h2-4,9,13H,5H2,1H3,(H,14,15,16). The van der Waals surface area contributed by atoms with Crippen molar-refractivity contribution in [1.29, 1.82) is 0 Å². The highest BCUT2D eigenvalue weighted by Gasteiger charge is 2.30. The van der Waals surface area contributed by atoms with E-state index in [0.717, 1.165) is 5.56 Å². The van der Waals surface area contributed by atoms with Crippen LogP contribution in [-0.4, -0.2) is 17.9 Å². The Morgan fingerprint density at radius 3 is 2.81 bits per heavy atom. The Balaban J connectivity index is 2.18. The Morgan fingerprint density at radius 1 is 1.44 bits per heavy atom. The van der Waals surface area contributed by atoms with Gasteiger partial charge >= 0.3 is 0 Å². The number of anilines is 1. The summed E-state index contributed by atoms with van der Waals surface area (Å²) < 4.78 is 0. The van der Waals surface area contributed by atoms with E-state index >= 15 is 0 Å². The zero-order chi connectivity index (χ0) is 11.7. The summed E-state index contributed by atoms with van der Waals surface area (Å²) in [7, 11) is 0. The number of hydrogen-bond donors (Lipinski definition) is 2. The number of benzene rings is 1. The third-order valence-electron chi connectivity index (χ3n) is 2.42. The molecule has 0 aromatic heterocycles. The van der Waals surface area contributed by atoms with Crippen LogP contribution < -0.4 is 10.6 Å². The molecule has 1 aromatic carbocycles. The minimum absolute atomic E-state index is 0.156. The molecule has 0 aliphatic carbocycles.